The summed E-state index contributed by atoms with van der Waals surface area (Å²) >= 11 is 1.58. The molecule has 4 aromatic rings. The lowest BCUT2D eigenvalue weighted by molar-refractivity contribution is 0.0713. The van der Waals surface area contributed by atoms with Crippen LogP contribution in [-0.4, -0.2) is 38.8 Å². The summed E-state index contributed by atoms with van der Waals surface area (Å²) in [5.41, 5.74) is 3.04. The number of hydrogen-bond donors (Lipinski definition) is 1. The molecule has 7 heteroatoms. The SMILES string of the molecule is O=C(c1cccc2ncccc12)N1CCC(c2nc(-c3ccsc3)cc(=O)[nH]2)CC1. The Morgan fingerprint density at radius 1 is 1.13 bits per heavy atom. The van der Waals surface area contributed by atoms with Crippen LogP contribution < -0.4 is 5.56 Å². The molecular formula is C23H20N4O2S. The first-order chi connectivity index (χ1) is 14.7. The fourth-order valence-electron chi connectivity index (χ4n) is 4.04. The quantitative estimate of drug-likeness (QED) is 0.546. The van der Waals surface area contributed by atoms with Crippen molar-refractivity contribution < 1.29 is 4.79 Å². The third-order valence-electron chi connectivity index (χ3n) is 5.62. The number of H-pyrrole nitrogens is 1. The summed E-state index contributed by atoms with van der Waals surface area (Å²) in [5, 5.41) is 4.85. The van der Waals surface area contributed by atoms with Crippen molar-refractivity contribution in [1.29, 1.82) is 0 Å². The largest absolute Gasteiger partial charge is 0.339 e. The van der Waals surface area contributed by atoms with Gasteiger partial charge in [-0.05, 0) is 42.5 Å². The van der Waals surface area contributed by atoms with E-state index < -0.39 is 0 Å². The fraction of sp³-hybridized carbons (Fsp3) is 0.217. The molecule has 1 fully saturated rings. The standard InChI is InChI=1S/C23H20N4O2S/c28-21-13-20(16-8-12-30-14-16)25-22(26-21)15-6-10-27(11-7-15)23(29)18-3-1-5-19-17(18)4-2-9-24-19/h1-5,8-9,12-15H,6-7,10-11H2,(H,25,26,28). The van der Waals surface area contributed by atoms with Gasteiger partial charge in [-0.2, -0.15) is 11.3 Å². The number of benzene rings is 1. The zero-order chi connectivity index (χ0) is 20.5. The fourth-order valence-corrected chi connectivity index (χ4v) is 4.69. The summed E-state index contributed by atoms with van der Waals surface area (Å²) < 4.78 is 0. The van der Waals surface area contributed by atoms with Gasteiger partial charge in [-0.1, -0.05) is 12.1 Å². The van der Waals surface area contributed by atoms with Crippen LogP contribution >= 0.6 is 11.3 Å². The molecule has 0 bridgehead atoms. The van der Waals surface area contributed by atoms with Crippen molar-refractivity contribution in [2.75, 3.05) is 13.1 Å². The summed E-state index contributed by atoms with van der Waals surface area (Å²) in [4.78, 5) is 39.2. The number of nitrogens with one attached hydrogen (secondary N) is 1. The van der Waals surface area contributed by atoms with Crippen LogP contribution in [0, 0.1) is 0 Å². The lowest BCUT2D eigenvalue weighted by Crippen LogP contribution is -2.38. The van der Waals surface area contributed by atoms with Crippen molar-refractivity contribution in [3.05, 3.63) is 81.2 Å². The predicted molar refractivity (Wildman–Crippen MR) is 118 cm³/mol. The van der Waals surface area contributed by atoms with E-state index >= 15 is 0 Å². The highest BCUT2D eigenvalue weighted by Crippen LogP contribution is 2.28. The summed E-state index contributed by atoms with van der Waals surface area (Å²) in [6.07, 6.45) is 3.27. The number of aromatic amines is 1. The number of likely N-dealkylation sites (tertiary alicyclic amines) is 1. The number of thiophene rings is 1. The number of pyridine rings is 1. The average molecular weight is 417 g/mol. The van der Waals surface area contributed by atoms with Crippen molar-refractivity contribution in [3.8, 4) is 11.3 Å². The normalized spacial score (nSPS) is 14.9. The first-order valence-corrected chi connectivity index (χ1v) is 10.9. The summed E-state index contributed by atoms with van der Waals surface area (Å²) in [7, 11) is 0. The molecular weight excluding hydrogens is 396 g/mol. The number of aromatic nitrogens is 3. The van der Waals surface area contributed by atoms with E-state index in [2.05, 4.69) is 9.97 Å². The van der Waals surface area contributed by atoms with E-state index in [9.17, 15) is 9.59 Å². The molecule has 1 N–H and O–H groups in total. The second kappa shape index (κ2) is 7.84. The van der Waals surface area contributed by atoms with Gasteiger partial charge in [0.15, 0.2) is 0 Å². The molecule has 3 aromatic heterocycles. The molecule has 1 aliphatic heterocycles. The summed E-state index contributed by atoms with van der Waals surface area (Å²) in [6, 6.07) is 13.0. The monoisotopic (exact) mass is 416 g/mol. The number of nitrogens with zero attached hydrogens (tertiary/aromatic N) is 3. The first-order valence-electron chi connectivity index (χ1n) is 9.96. The number of fused-ring (bicyclic) bond motifs is 1. The summed E-state index contributed by atoms with van der Waals surface area (Å²) in [5.74, 6) is 0.875. The second-order valence-electron chi connectivity index (χ2n) is 7.47. The molecule has 0 aliphatic carbocycles. The smallest absolute Gasteiger partial charge is 0.254 e. The highest BCUT2D eigenvalue weighted by molar-refractivity contribution is 7.08. The van der Waals surface area contributed by atoms with E-state index in [1.54, 1.807) is 23.6 Å². The van der Waals surface area contributed by atoms with E-state index in [1.165, 1.54) is 0 Å². The minimum absolute atomic E-state index is 0.0283. The second-order valence-corrected chi connectivity index (χ2v) is 8.25. The van der Waals surface area contributed by atoms with E-state index in [0.29, 0.717) is 30.2 Å². The molecule has 4 heterocycles. The molecule has 1 amide bonds. The van der Waals surface area contributed by atoms with Crippen LogP contribution in [0.25, 0.3) is 22.2 Å². The van der Waals surface area contributed by atoms with Gasteiger partial charge in [0.2, 0.25) is 0 Å². The Labute approximate surface area is 177 Å². The molecule has 0 spiro atoms. The van der Waals surface area contributed by atoms with E-state index in [1.807, 2.05) is 52.1 Å². The Bertz CT molecular complexity index is 1250. The molecule has 1 aromatic carbocycles. The van der Waals surface area contributed by atoms with Crippen molar-refractivity contribution in [3.63, 3.8) is 0 Å². The molecule has 0 atom stereocenters. The van der Waals surface area contributed by atoms with Gasteiger partial charge in [-0.3, -0.25) is 14.6 Å². The summed E-state index contributed by atoms with van der Waals surface area (Å²) in [6.45, 7) is 1.26. The zero-order valence-electron chi connectivity index (χ0n) is 16.2. The number of piperidine rings is 1. The van der Waals surface area contributed by atoms with Crippen LogP contribution in [0.1, 0.15) is 34.9 Å². The molecule has 1 aliphatic rings. The third-order valence-corrected chi connectivity index (χ3v) is 6.31. The van der Waals surface area contributed by atoms with Crippen LogP contribution in [0.15, 0.2) is 64.2 Å². The van der Waals surface area contributed by atoms with Gasteiger partial charge in [-0.15, -0.1) is 0 Å². The molecule has 0 radical (unpaired) electrons. The molecule has 0 unspecified atom stereocenters. The average Bonchev–Trinajstić information content (AvgIpc) is 3.33. The van der Waals surface area contributed by atoms with Crippen LogP contribution in [0.3, 0.4) is 0 Å². The highest BCUT2D eigenvalue weighted by Gasteiger charge is 2.27. The Morgan fingerprint density at radius 3 is 2.80 bits per heavy atom. The first kappa shape index (κ1) is 18.7. The molecule has 6 nitrogen and oxygen atoms in total. The van der Waals surface area contributed by atoms with Crippen molar-refractivity contribution in [2.45, 2.75) is 18.8 Å². The minimum Gasteiger partial charge on any atom is -0.339 e. The maximum atomic E-state index is 13.1. The van der Waals surface area contributed by atoms with Crippen LogP contribution in [0.2, 0.25) is 0 Å². The molecule has 150 valence electrons. The highest BCUT2D eigenvalue weighted by atomic mass is 32.1. The van der Waals surface area contributed by atoms with E-state index in [-0.39, 0.29) is 17.4 Å². The van der Waals surface area contributed by atoms with E-state index in [0.717, 1.165) is 29.3 Å². The minimum atomic E-state index is -0.136. The number of carbonyl (C=O) groups is 1. The molecule has 0 saturated carbocycles. The molecule has 5 rings (SSSR count). The van der Waals surface area contributed by atoms with Gasteiger partial charge in [0, 0.05) is 53.2 Å². The topological polar surface area (TPSA) is 79.0 Å². The number of hydrogen-bond acceptors (Lipinski definition) is 5. The Balaban J connectivity index is 1.34. The van der Waals surface area contributed by atoms with Gasteiger partial charge in [0.05, 0.1) is 11.2 Å². The van der Waals surface area contributed by atoms with Gasteiger partial charge in [0.25, 0.3) is 11.5 Å². The van der Waals surface area contributed by atoms with E-state index in [4.69, 9.17) is 4.98 Å². The van der Waals surface area contributed by atoms with Crippen LogP contribution in [0.5, 0.6) is 0 Å². The lowest BCUT2D eigenvalue weighted by atomic mass is 9.95. The maximum Gasteiger partial charge on any atom is 0.254 e. The number of amides is 1. The zero-order valence-corrected chi connectivity index (χ0v) is 17.1. The molecule has 30 heavy (non-hydrogen) atoms. The number of carbonyl (C=O) groups excluding carboxylic acids is 1. The number of rotatable bonds is 3. The predicted octanol–water partition coefficient (Wildman–Crippen LogP) is 4.07. The van der Waals surface area contributed by atoms with Crippen LogP contribution in [0.4, 0.5) is 0 Å². The molecule has 1 saturated heterocycles. The van der Waals surface area contributed by atoms with Gasteiger partial charge in [-0.25, -0.2) is 4.98 Å². The Morgan fingerprint density at radius 2 is 2.00 bits per heavy atom. The van der Waals surface area contributed by atoms with Gasteiger partial charge >= 0.3 is 0 Å². The maximum absolute atomic E-state index is 13.1. The lowest BCUT2D eigenvalue weighted by Gasteiger charge is -2.31. The third kappa shape index (κ3) is 3.52. The van der Waals surface area contributed by atoms with Gasteiger partial charge < -0.3 is 9.88 Å². The van der Waals surface area contributed by atoms with Gasteiger partial charge in [0.1, 0.15) is 5.82 Å². The Kier molecular flexibility index (Phi) is 4.88. The van der Waals surface area contributed by atoms with Crippen molar-refractivity contribution in [1.82, 2.24) is 19.9 Å². The Hall–Kier alpha value is -3.32. The van der Waals surface area contributed by atoms with Crippen molar-refractivity contribution in [2.24, 2.45) is 0 Å². The van der Waals surface area contributed by atoms with Crippen molar-refractivity contribution >= 4 is 28.1 Å². The van der Waals surface area contributed by atoms with Crippen LogP contribution in [-0.2, 0) is 0 Å².